The van der Waals surface area contributed by atoms with Crippen LogP contribution >= 0.6 is 0 Å². The number of fused-ring (bicyclic) bond motifs is 1. The highest BCUT2D eigenvalue weighted by molar-refractivity contribution is 5.88. The van der Waals surface area contributed by atoms with Gasteiger partial charge in [-0.05, 0) is 24.6 Å². The molecule has 0 radical (unpaired) electrons. The number of rotatable bonds is 5. The summed E-state index contributed by atoms with van der Waals surface area (Å²) in [6, 6.07) is 4.48. The van der Waals surface area contributed by atoms with Gasteiger partial charge in [0.05, 0.1) is 5.52 Å². The molecule has 4 nitrogen and oxygen atoms in total. The molecule has 0 fully saturated rings. The Balaban J connectivity index is 2.18. The van der Waals surface area contributed by atoms with Gasteiger partial charge in [0.2, 0.25) is 0 Å². The van der Waals surface area contributed by atoms with E-state index in [0.29, 0.717) is 17.8 Å². The van der Waals surface area contributed by atoms with E-state index in [2.05, 4.69) is 15.3 Å². The van der Waals surface area contributed by atoms with Crippen molar-refractivity contribution in [1.29, 1.82) is 0 Å². The second kappa shape index (κ2) is 5.54. The van der Waals surface area contributed by atoms with Gasteiger partial charge in [-0.2, -0.15) is 0 Å². The molecule has 1 N–H and O–H groups in total. The van der Waals surface area contributed by atoms with Gasteiger partial charge in [-0.1, -0.05) is 0 Å². The molecule has 2 rings (SSSR count). The second-order valence-electron chi connectivity index (χ2n) is 3.66. The van der Waals surface area contributed by atoms with Gasteiger partial charge < -0.3 is 10.1 Å². The van der Waals surface area contributed by atoms with Crippen LogP contribution in [0.25, 0.3) is 10.9 Å². The molecule has 0 saturated carbocycles. The number of nitrogens with zero attached hydrogens (tertiary/aromatic N) is 2. The van der Waals surface area contributed by atoms with E-state index < -0.39 is 0 Å². The van der Waals surface area contributed by atoms with Crippen molar-refractivity contribution in [2.24, 2.45) is 0 Å². The Hall–Kier alpha value is -1.75. The molecule has 0 aliphatic carbocycles. The summed E-state index contributed by atoms with van der Waals surface area (Å²) in [7, 11) is 1.66. The Bertz CT molecular complexity index is 504. The number of anilines is 1. The molecule has 0 spiro atoms. The van der Waals surface area contributed by atoms with Crippen LogP contribution < -0.4 is 5.32 Å². The quantitative estimate of drug-likeness (QED) is 0.807. The highest BCUT2D eigenvalue weighted by Gasteiger charge is 2.03. The summed E-state index contributed by atoms with van der Waals surface area (Å²) < 4.78 is 18.1. The Labute approximate surface area is 98.8 Å². The molecule has 0 aliphatic heterocycles. The zero-order valence-corrected chi connectivity index (χ0v) is 9.61. The largest absolute Gasteiger partial charge is 0.385 e. The van der Waals surface area contributed by atoms with E-state index in [-0.39, 0.29) is 5.82 Å². The maximum absolute atomic E-state index is 13.2. The third-order valence-corrected chi connectivity index (χ3v) is 2.42. The fourth-order valence-electron chi connectivity index (χ4n) is 1.59. The Morgan fingerprint density at radius 2 is 2.24 bits per heavy atom. The Morgan fingerprint density at radius 3 is 3.06 bits per heavy atom. The van der Waals surface area contributed by atoms with Gasteiger partial charge in [-0.25, -0.2) is 14.4 Å². The van der Waals surface area contributed by atoms with Gasteiger partial charge in [0.25, 0.3) is 0 Å². The topological polar surface area (TPSA) is 47.0 Å². The molecule has 0 amide bonds. The lowest BCUT2D eigenvalue weighted by atomic mass is 10.2. The number of nitrogens with one attached hydrogen (secondary N) is 1. The molecule has 0 saturated heterocycles. The van der Waals surface area contributed by atoms with Crippen LogP contribution in [0.4, 0.5) is 10.2 Å². The zero-order valence-electron chi connectivity index (χ0n) is 9.61. The molecular formula is C12H14FN3O. The van der Waals surface area contributed by atoms with Crippen molar-refractivity contribution in [1.82, 2.24) is 9.97 Å². The van der Waals surface area contributed by atoms with Crippen molar-refractivity contribution in [3.05, 3.63) is 30.3 Å². The van der Waals surface area contributed by atoms with Gasteiger partial charge >= 0.3 is 0 Å². The number of benzene rings is 1. The second-order valence-corrected chi connectivity index (χ2v) is 3.66. The summed E-state index contributed by atoms with van der Waals surface area (Å²) in [5.41, 5.74) is 0.732. The van der Waals surface area contributed by atoms with Gasteiger partial charge in [0, 0.05) is 25.6 Å². The molecule has 2 aromatic rings. The molecule has 0 atom stereocenters. The van der Waals surface area contributed by atoms with Crippen molar-refractivity contribution in [2.75, 3.05) is 25.6 Å². The molecule has 90 valence electrons. The van der Waals surface area contributed by atoms with Gasteiger partial charge in [-0.15, -0.1) is 0 Å². The van der Waals surface area contributed by atoms with E-state index in [1.807, 2.05) is 0 Å². The van der Waals surface area contributed by atoms with Crippen molar-refractivity contribution in [3.63, 3.8) is 0 Å². The number of halogens is 1. The molecule has 1 aromatic carbocycles. The van der Waals surface area contributed by atoms with E-state index in [0.717, 1.165) is 18.5 Å². The van der Waals surface area contributed by atoms with E-state index >= 15 is 0 Å². The minimum absolute atomic E-state index is 0.285. The molecule has 0 unspecified atom stereocenters. The van der Waals surface area contributed by atoms with Crippen LogP contribution in [0.5, 0.6) is 0 Å². The van der Waals surface area contributed by atoms with Gasteiger partial charge in [-0.3, -0.25) is 0 Å². The summed E-state index contributed by atoms with van der Waals surface area (Å²) in [6.07, 6.45) is 2.34. The number of hydrogen-bond acceptors (Lipinski definition) is 4. The summed E-state index contributed by atoms with van der Waals surface area (Å²) >= 11 is 0. The van der Waals surface area contributed by atoms with Crippen molar-refractivity contribution in [3.8, 4) is 0 Å². The molecule has 5 heteroatoms. The van der Waals surface area contributed by atoms with Crippen LogP contribution in [0, 0.1) is 5.82 Å². The van der Waals surface area contributed by atoms with Crippen LogP contribution in [0.3, 0.4) is 0 Å². The molecule has 0 aliphatic rings. The number of methoxy groups -OCH3 is 1. The van der Waals surface area contributed by atoms with Crippen LogP contribution in [0.2, 0.25) is 0 Å². The first-order valence-corrected chi connectivity index (χ1v) is 5.44. The van der Waals surface area contributed by atoms with E-state index in [1.165, 1.54) is 18.5 Å². The van der Waals surface area contributed by atoms with Gasteiger partial charge in [0.1, 0.15) is 18.0 Å². The fourth-order valence-corrected chi connectivity index (χ4v) is 1.59. The maximum Gasteiger partial charge on any atom is 0.137 e. The third-order valence-electron chi connectivity index (χ3n) is 2.42. The summed E-state index contributed by atoms with van der Waals surface area (Å²) in [6.45, 7) is 1.42. The lowest BCUT2D eigenvalue weighted by molar-refractivity contribution is 0.198. The van der Waals surface area contributed by atoms with Crippen LogP contribution in [0.1, 0.15) is 6.42 Å². The molecular weight excluding hydrogens is 221 g/mol. The average molecular weight is 235 g/mol. The highest BCUT2D eigenvalue weighted by atomic mass is 19.1. The first-order valence-electron chi connectivity index (χ1n) is 5.44. The van der Waals surface area contributed by atoms with Crippen LogP contribution in [0.15, 0.2) is 24.5 Å². The van der Waals surface area contributed by atoms with E-state index in [4.69, 9.17) is 4.74 Å². The fraction of sp³-hybridized carbons (Fsp3) is 0.333. The Morgan fingerprint density at radius 1 is 1.35 bits per heavy atom. The Kier molecular flexibility index (Phi) is 3.82. The van der Waals surface area contributed by atoms with Crippen molar-refractivity contribution < 1.29 is 9.13 Å². The minimum atomic E-state index is -0.285. The van der Waals surface area contributed by atoms with Gasteiger partial charge in [0.15, 0.2) is 0 Å². The molecule has 17 heavy (non-hydrogen) atoms. The predicted molar refractivity (Wildman–Crippen MR) is 64.5 cm³/mol. The normalized spacial score (nSPS) is 10.7. The smallest absolute Gasteiger partial charge is 0.137 e. The number of hydrogen-bond donors (Lipinski definition) is 1. The summed E-state index contributed by atoms with van der Waals surface area (Å²) in [5.74, 6) is 0.373. The molecule has 1 heterocycles. The summed E-state index contributed by atoms with van der Waals surface area (Å²) in [4.78, 5) is 8.20. The predicted octanol–water partition coefficient (Wildman–Crippen LogP) is 2.22. The first kappa shape index (κ1) is 11.7. The number of ether oxygens (including phenoxy) is 1. The van der Waals surface area contributed by atoms with E-state index in [9.17, 15) is 4.39 Å². The monoisotopic (exact) mass is 235 g/mol. The zero-order chi connectivity index (χ0) is 12.1. The number of aromatic nitrogens is 2. The highest BCUT2D eigenvalue weighted by Crippen LogP contribution is 2.19. The lowest BCUT2D eigenvalue weighted by Gasteiger charge is -2.07. The van der Waals surface area contributed by atoms with Crippen LogP contribution in [-0.4, -0.2) is 30.2 Å². The van der Waals surface area contributed by atoms with Crippen LogP contribution in [-0.2, 0) is 4.74 Å². The average Bonchev–Trinajstić information content (AvgIpc) is 2.35. The molecule has 0 bridgehead atoms. The van der Waals surface area contributed by atoms with Crippen molar-refractivity contribution >= 4 is 16.7 Å². The third kappa shape index (κ3) is 2.88. The summed E-state index contributed by atoms with van der Waals surface area (Å²) in [5, 5.41) is 3.85. The minimum Gasteiger partial charge on any atom is -0.385 e. The SMILES string of the molecule is COCCCNc1ncnc2ccc(F)cc12. The standard InChI is InChI=1S/C12H14FN3O/c1-17-6-2-5-14-12-10-7-9(13)3-4-11(10)15-8-16-12/h3-4,7-8H,2,5-6H2,1H3,(H,14,15,16). The van der Waals surface area contributed by atoms with E-state index in [1.54, 1.807) is 13.2 Å². The first-order chi connectivity index (χ1) is 8.31. The maximum atomic E-state index is 13.2. The molecule has 1 aromatic heterocycles. The lowest BCUT2D eigenvalue weighted by Crippen LogP contribution is -2.06. The van der Waals surface area contributed by atoms with Crippen molar-refractivity contribution in [2.45, 2.75) is 6.42 Å².